The van der Waals surface area contributed by atoms with Crippen molar-refractivity contribution in [3.8, 4) is 0 Å². The number of carbonyl (C=O) groups is 3. The monoisotopic (exact) mass is 396 g/mol. The van der Waals surface area contributed by atoms with Gasteiger partial charge in [0.05, 0.1) is 11.5 Å². The topological polar surface area (TPSA) is 75.7 Å². The van der Waals surface area contributed by atoms with Gasteiger partial charge >= 0.3 is 5.97 Å². The van der Waals surface area contributed by atoms with Crippen molar-refractivity contribution in [2.24, 2.45) is 0 Å². The van der Waals surface area contributed by atoms with Crippen molar-refractivity contribution in [3.63, 3.8) is 0 Å². The van der Waals surface area contributed by atoms with E-state index < -0.39 is 24.3 Å². The first-order chi connectivity index (χ1) is 13.0. The van der Waals surface area contributed by atoms with Crippen LogP contribution in [0.15, 0.2) is 24.3 Å². The van der Waals surface area contributed by atoms with Crippen molar-refractivity contribution in [3.05, 3.63) is 30.1 Å². The van der Waals surface area contributed by atoms with Gasteiger partial charge in [0, 0.05) is 18.8 Å². The first-order valence-electron chi connectivity index (χ1n) is 9.00. The molecule has 0 aromatic heterocycles. The summed E-state index contributed by atoms with van der Waals surface area (Å²) in [5.74, 6) is -1.38. The van der Waals surface area contributed by atoms with E-state index in [9.17, 15) is 18.8 Å². The molecule has 0 atom stereocenters. The van der Waals surface area contributed by atoms with Gasteiger partial charge in [-0.3, -0.25) is 14.4 Å². The van der Waals surface area contributed by atoms with Gasteiger partial charge in [0.2, 0.25) is 5.91 Å². The number of benzene rings is 1. The van der Waals surface area contributed by atoms with Crippen LogP contribution in [0.25, 0.3) is 0 Å². The highest BCUT2D eigenvalue weighted by molar-refractivity contribution is 8.00. The predicted molar refractivity (Wildman–Crippen MR) is 103 cm³/mol. The molecular formula is C19H25FN2O4S. The molecule has 27 heavy (non-hydrogen) atoms. The van der Waals surface area contributed by atoms with Crippen LogP contribution in [0.5, 0.6) is 0 Å². The molecule has 1 N–H and O–H groups in total. The minimum atomic E-state index is -0.567. The third-order valence-corrected chi connectivity index (χ3v) is 5.32. The predicted octanol–water partition coefficient (Wildman–Crippen LogP) is 2.83. The number of hydrogen-bond acceptors (Lipinski definition) is 5. The van der Waals surface area contributed by atoms with E-state index in [4.69, 9.17) is 4.74 Å². The van der Waals surface area contributed by atoms with Crippen molar-refractivity contribution < 1.29 is 23.5 Å². The molecule has 0 unspecified atom stereocenters. The van der Waals surface area contributed by atoms with Crippen molar-refractivity contribution in [1.29, 1.82) is 0 Å². The number of nitrogens with zero attached hydrogens (tertiary/aromatic N) is 1. The van der Waals surface area contributed by atoms with Crippen LogP contribution in [0.2, 0.25) is 0 Å². The van der Waals surface area contributed by atoms with Crippen LogP contribution in [0.1, 0.15) is 32.1 Å². The summed E-state index contributed by atoms with van der Waals surface area (Å²) in [7, 11) is 1.81. The van der Waals surface area contributed by atoms with Crippen molar-refractivity contribution in [2.45, 2.75) is 38.1 Å². The fourth-order valence-electron chi connectivity index (χ4n) is 2.95. The summed E-state index contributed by atoms with van der Waals surface area (Å²) >= 11 is 1.17. The molecule has 0 heterocycles. The Balaban J connectivity index is 1.61. The Morgan fingerprint density at radius 3 is 2.67 bits per heavy atom. The van der Waals surface area contributed by atoms with E-state index in [1.807, 2.05) is 7.05 Å². The molecule has 2 rings (SSSR count). The molecular weight excluding hydrogens is 371 g/mol. The fourth-order valence-corrected chi connectivity index (χ4v) is 3.68. The van der Waals surface area contributed by atoms with Crippen LogP contribution in [-0.4, -0.2) is 53.9 Å². The summed E-state index contributed by atoms with van der Waals surface area (Å²) < 4.78 is 17.9. The Hall–Kier alpha value is -2.09. The first kappa shape index (κ1) is 21.2. The average Bonchev–Trinajstić information content (AvgIpc) is 2.66. The summed E-state index contributed by atoms with van der Waals surface area (Å²) in [6.07, 6.45) is 5.61. The number of thioether (sulfide) groups is 1. The maximum absolute atomic E-state index is 13.0. The minimum absolute atomic E-state index is 0.00249. The molecule has 1 aliphatic rings. The Morgan fingerprint density at radius 1 is 1.22 bits per heavy atom. The van der Waals surface area contributed by atoms with Crippen molar-refractivity contribution in [1.82, 2.24) is 4.90 Å². The largest absolute Gasteiger partial charge is 0.455 e. The number of nitrogens with one attached hydrogen (secondary N) is 1. The van der Waals surface area contributed by atoms with Crippen LogP contribution < -0.4 is 5.32 Å². The molecule has 8 heteroatoms. The fraction of sp³-hybridized carbons (Fsp3) is 0.526. The molecule has 0 bridgehead atoms. The second-order valence-corrected chi connectivity index (χ2v) is 7.49. The third kappa shape index (κ3) is 7.58. The number of esters is 1. The molecule has 1 fully saturated rings. The first-order valence-corrected chi connectivity index (χ1v) is 10.2. The second kappa shape index (κ2) is 10.9. The molecule has 6 nitrogen and oxygen atoms in total. The lowest BCUT2D eigenvalue weighted by atomic mass is 9.94. The van der Waals surface area contributed by atoms with Gasteiger partial charge in [-0.1, -0.05) is 25.3 Å². The van der Waals surface area contributed by atoms with Gasteiger partial charge in [-0.15, -0.1) is 11.8 Å². The standard InChI is InChI=1S/C19H25FN2O4S/c1-22(16-8-3-2-4-9-16)18(24)12-27-13-19(25)26-11-17(23)21-15-7-5-6-14(20)10-15/h5-7,10,16H,2-4,8-9,11-13H2,1H3,(H,21,23). The van der Waals surface area contributed by atoms with E-state index in [-0.39, 0.29) is 17.4 Å². The maximum Gasteiger partial charge on any atom is 0.316 e. The van der Waals surface area contributed by atoms with Gasteiger partial charge in [0.25, 0.3) is 5.91 Å². The Morgan fingerprint density at radius 2 is 1.96 bits per heavy atom. The molecule has 2 amide bonds. The summed E-state index contributed by atoms with van der Waals surface area (Å²) in [6, 6.07) is 5.73. The van der Waals surface area contributed by atoms with E-state index in [1.165, 1.54) is 42.4 Å². The molecule has 1 aromatic rings. The Kier molecular flexibility index (Phi) is 8.57. The molecule has 0 aliphatic heterocycles. The zero-order valence-electron chi connectivity index (χ0n) is 15.4. The van der Waals surface area contributed by atoms with E-state index in [1.54, 1.807) is 4.90 Å². The lowest BCUT2D eigenvalue weighted by molar-refractivity contribution is -0.144. The lowest BCUT2D eigenvalue weighted by Crippen LogP contribution is -2.39. The van der Waals surface area contributed by atoms with Gasteiger partial charge in [-0.05, 0) is 31.0 Å². The highest BCUT2D eigenvalue weighted by Crippen LogP contribution is 2.22. The number of anilines is 1. The number of hydrogen-bond donors (Lipinski definition) is 1. The zero-order chi connectivity index (χ0) is 19.6. The summed E-state index contributed by atoms with van der Waals surface area (Å²) in [5, 5.41) is 2.44. The molecule has 1 aliphatic carbocycles. The summed E-state index contributed by atoms with van der Waals surface area (Å²) in [5.41, 5.74) is 0.293. The van der Waals surface area contributed by atoms with Crippen LogP contribution >= 0.6 is 11.8 Å². The van der Waals surface area contributed by atoms with Crippen LogP contribution in [0, 0.1) is 5.82 Å². The second-order valence-electron chi connectivity index (χ2n) is 6.51. The normalized spacial score (nSPS) is 14.4. The van der Waals surface area contributed by atoms with Crippen molar-refractivity contribution >= 4 is 35.2 Å². The van der Waals surface area contributed by atoms with Crippen LogP contribution in [0.3, 0.4) is 0 Å². The smallest absolute Gasteiger partial charge is 0.316 e. The molecule has 1 aromatic carbocycles. The number of rotatable bonds is 8. The highest BCUT2D eigenvalue weighted by Gasteiger charge is 2.22. The summed E-state index contributed by atoms with van der Waals surface area (Å²) in [4.78, 5) is 37.4. The quantitative estimate of drug-likeness (QED) is 0.684. The Bertz CT molecular complexity index is 665. The van der Waals surface area contributed by atoms with Gasteiger partial charge < -0.3 is 15.0 Å². The molecule has 148 valence electrons. The number of amides is 2. The molecule has 1 saturated carbocycles. The Labute approximate surface area is 162 Å². The minimum Gasteiger partial charge on any atom is -0.455 e. The lowest BCUT2D eigenvalue weighted by Gasteiger charge is -2.31. The number of ether oxygens (including phenoxy) is 1. The van der Waals surface area contributed by atoms with E-state index in [2.05, 4.69) is 5.32 Å². The van der Waals surface area contributed by atoms with E-state index >= 15 is 0 Å². The van der Waals surface area contributed by atoms with Crippen molar-refractivity contribution in [2.75, 3.05) is 30.5 Å². The highest BCUT2D eigenvalue weighted by atomic mass is 32.2. The average molecular weight is 396 g/mol. The zero-order valence-corrected chi connectivity index (χ0v) is 16.2. The van der Waals surface area contributed by atoms with E-state index in [0.717, 1.165) is 25.7 Å². The van der Waals surface area contributed by atoms with Gasteiger partial charge in [-0.2, -0.15) is 0 Å². The van der Waals surface area contributed by atoms with Gasteiger partial charge in [-0.25, -0.2) is 4.39 Å². The number of halogens is 1. The van der Waals surface area contributed by atoms with Crippen LogP contribution in [-0.2, 0) is 19.1 Å². The molecule has 0 spiro atoms. The van der Waals surface area contributed by atoms with Crippen LogP contribution in [0.4, 0.5) is 10.1 Å². The SMILES string of the molecule is CN(C(=O)CSCC(=O)OCC(=O)Nc1cccc(F)c1)C1CCCCC1. The van der Waals surface area contributed by atoms with Gasteiger partial charge in [0.15, 0.2) is 6.61 Å². The molecule has 0 saturated heterocycles. The van der Waals surface area contributed by atoms with Gasteiger partial charge in [0.1, 0.15) is 5.82 Å². The van der Waals surface area contributed by atoms with E-state index in [0.29, 0.717) is 11.7 Å². The molecule has 0 radical (unpaired) electrons. The third-order valence-electron chi connectivity index (χ3n) is 4.43. The maximum atomic E-state index is 13.0. The summed E-state index contributed by atoms with van der Waals surface area (Å²) in [6.45, 7) is -0.453. The number of carbonyl (C=O) groups excluding carboxylic acids is 3.